The zero-order chi connectivity index (χ0) is 16.3. The summed E-state index contributed by atoms with van der Waals surface area (Å²) in [6.45, 7) is 1.73. The number of nitrogens with zero attached hydrogens (tertiary/aromatic N) is 3. The van der Waals surface area contributed by atoms with Crippen molar-refractivity contribution in [2.24, 2.45) is 7.05 Å². The number of nitrogens with one attached hydrogen (secondary N) is 1. The summed E-state index contributed by atoms with van der Waals surface area (Å²) in [5.41, 5.74) is 0.240. The maximum absolute atomic E-state index is 12.9. The van der Waals surface area contributed by atoms with Crippen molar-refractivity contribution in [2.45, 2.75) is 13.5 Å². The van der Waals surface area contributed by atoms with Gasteiger partial charge in [-0.3, -0.25) is 4.57 Å². The lowest BCUT2D eigenvalue weighted by Crippen LogP contribution is -2.32. The lowest BCUT2D eigenvalue weighted by molar-refractivity contribution is 0.551. The molecule has 22 heavy (non-hydrogen) atoms. The molecular formula is C13H17FN4O3S. The van der Waals surface area contributed by atoms with Gasteiger partial charge in [0.15, 0.2) is 5.82 Å². The molecule has 0 saturated carbocycles. The Morgan fingerprint density at radius 2 is 1.91 bits per heavy atom. The SMILES string of the molecule is CCS(=O)(=O)NCCn1nc(-c2ccc(F)cc2)n(C)c1=O. The third-order valence-electron chi connectivity index (χ3n) is 3.17. The van der Waals surface area contributed by atoms with Gasteiger partial charge in [-0.1, -0.05) is 0 Å². The van der Waals surface area contributed by atoms with Gasteiger partial charge in [0.1, 0.15) is 5.82 Å². The Morgan fingerprint density at radius 3 is 2.50 bits per heavy atom. The number of rotatable bonds is 6. The average molecular weight is 328 g/mol. The molecular weight excluding hydrogens is 311 g/mol. The second kappa shape index (κ2) is 6.41. The van der Waals surface area contributed by atoms with Crippen LogP contribution in [0.5, 0.6) is 0 Å². The Balaban J connectivity index is 2.20. The Morgan fingerprint density at radius 1 is 1.27 bits per heavy atom. The summed E-state index contributed by atoms with van der Waals surface area (Å²) >= 11 is 0. The van der Waals surface area contributed by atoms with Crippen LogP contribution >= 0.6 is 0 Å². The molecule has 9 heteroatoms. The van der Waals surface area contributed by atoms with Crippen LogP contribution in [0.25, 0.3) is 11.4 Å². The molecule has 0 fully saturated rings. The van der Waals surface area contributed by atoms with E-state index in [0.717, 1.165) is 0 Å². The van der Waals surface area contributed by atoms with E-state index in [9.17, 15) is 17.6 Å². The summed E-state index contributed by atoms with van der Waals surface area (Å²) in [4.78, 5) is 12.1. The predicted octanol–water partition coefficient (Wildman–Crippen LogP) is 0.327. The van der Waals surface area contributed by atoms with Crippen LogP contribution in [0.15, 0.2) is 29.1 Å². The second-order valence-corrected chi connectivity index (χ2v) is 6.79. The van der Waals surface area contributed by atoms with Crippen LogP contribution < -0.4 is 10.4 Å². The molecule has 1 N–H and O–H groups in total. The van der Waals surface area contributed by atoms with Crippen molar-refractivity contribution in [3.05, 3.63) is 40.6 Å². The van der Waals surface area contributed by atoms with Crippen molar-refractivity contribution in [3.63, 3.8) is 0 Å². The van der Waals surface area contributed by atoms with E-state index in [0.29, 0.717) is 11.4 Å². The van der Waals surface area contributed by atoms with E-state index in [2.05, 4.69) is 9.82 Å². The molecule has 7 nitrogen and oxygen atoms in total. The molecule has 0 aliphatic heterocycles. The van der Waals surface area contributed by atoms with Gasteiger partial charge in [-0.25, -0.2) is 27.0 Å². The van der Waals surface area contributed by atoms with Crippen molar-refractivity contribution < 1.29 is 12.8 Å². The van der Waals surface area contributed by atoms with Gasteiger partial charge >= 0.3 is 5.69 Å². The molecule has 0 bridgehead atoms. The summed E-state index contributed by atoms with van der Waals surface area (Å²) < 4.78 is 40.5. The van der Waals surface area contributed by atoms with Gasteiger partial charge in [-0.2, -0.15) is 0 Å². The van der Waals surface area contributed by atoms with Crippen molar-refractivity contribution >= 4 is 10.0 Å². The number of halogens is 1. The fourth-order valence-electron chi connectivity index (χ4n) is 1.89. The van der Waals surface area contributed by atoms with Crippen LogP contribution in [0.1, 0.15) is 6.92 Å². The maximum Gasteiger partial charge on any atom is 0.345 e. The molecule has 0 aliphatic carbocycles. The average Bonchev–Trinajstić information content (AvgIpc) is 2.76. The van der Waals surface area contributed by atoms with Gasteiger partial charge in [0.25, 0.3) is 0 Å². The lowest BCUT2D eigenvalue weighted by Gasteiger charge is -2.03. The van der Waals surface area contributed by atoms with Crippen molar-refractivity contribution in [1.82, 2.24) is 19.1 Å². The van der Waals surface area contributed by atoms with Gasteiger partial charge in [-0.05, 0) is 31.2 Å². The third-order valence-corrected chi connectivity index (χ3v) is 4.57. The molecule has 0 spiro atoms. The maximum atomic E-state index is 12.9. The summed E-state index contributed by atoms with van der Waals surface area (Å²) in [5.74, 6) is -0.00389. The van der Waals surface area contributed by atoms with Crippen molar-refractivity contribution in [1.29, 1.82) is 0 Å². The molecule has 2 aromatic rings. The third kappa shape index (κ3) is 3.60. The van der Waals surface area contributed by atoms with E-state index in [1.807, 2.05) is 0 Å². The first-order chi connectivity index (χ1) is 10.3. The number of aromatic nitrogens is 3. The van der Waals surface area contributed by atoms with E-state index in [-0.39, 0.29) is 30.3 Å². The molecule has 0 radical (unpaired) electrons. The first-order valence-electron chi connectivity index (χ1n) is 6.71. The van der Waals surface area contributed by atoms with E-state index < -0.39 is 10.0 Å². The second-order valence-electron chi connectivity index (χ2n) is 4.69. The predicted molar refractivity (Wildman–Crippen MR) is 80.3 cm³/mol. The van der Waals surface area contributed by atoms with Crippen LogP contribution in [0, 0.1) is 5.82 Å². The molecule has 0 atom stereocenters. The van der Waals surface area contributed by atoms with Crippen LogP contribution in [-0.4, -0.2) is 35.1 Å². The highest BCUT2D eigenvalue weighted by atomic mass is 32.2. The van der Waals surface area contributed by atoms with E-state index in [1.54, 1.807) is 7.05 Å². The lowest BCUT2D eigenvalue weighted by atomic mass is 10.2. The van der Waals surface area contributed by atoms with Crippen LogP contribution in [-0.2, 0) is 23.6 Å². The monoisotopic (exact) mass is 328 g/mol. The number of benzene rings is 1. The standard InChI is InChI=1S/C13H17FN4O3S/c1-3-22(20,21)15-8-9-18-13(19)17(2)12(16-18)10-4-6-11(14)7-5-10/h4-7,15H,3,8-9H2,1-2H3. The highest BCUT2D eigenvalue weighted by Gasteiger charge is 2.13. The fraction of sp³-hybridized carbons (Fsp3) is 0.385. The molecule has 0 saturated heterocycles. The first-order valence-corrected chi connectivity index (χ1v) is 8.36. The molecule has 0 aliphatic rings. The van der Waals surface area contributed by atoms with Crippen molar-refractivity contribution in [2.75, 3.05) is 12.3 Å². The van der Waals surface area contributed by atoms with Crippen LogP contribution in [0.2, 0.25) is 0 Å². The number of hydrogen-bond donors (Lipinski definition) is 1. The molecule has 1 heterocycles. The summed E-state index contributed by atoms with van der Waals surface area (Å²) in [6, 6.07) is 5.63. The Hall–Kier alpha value is -2.00. The zero-order valence-corrected chi connectivity index (χ0v) is 13.1. The zero-order valence-electron chi connectivity index (χ0n) is 12.3. The van der Waals surface area contributed by atoms with E-state index >= 15 is 0 Å². The Bertz CT molecular complexity index is 809. The summed E-state index contributed by atoms with van der Waals surface area (Å²) in [7, 11) is -1.75. The van der Waals surface area contributed by atoms with Crippen LogP contribution in [0.4, 0.5) is 4.39 Å². The smallest absolute Gasteiger partial charge is 0.278 e. The highest BCUT2D eigenvalue weighted by molar-refractivity contribution is 7.89. The molecule has 1 aromatic carbocycles. The van der Waals surface area contributed by atoms with E-state index in [1.165, 1.54) is 40.4 Å². The molecule has 0 unspecified atom stereocenters. The minimum Gasteiger partial charge on any atom is -0.278 e. The van der Waals surface area contributed by atoms with Gasteiger partial charge in [-0.15, -0.1) is 5.10 Å². The van der Waals surface area contributed by atoms with Crippen molar-refractivity contribution in [3.8, 4) is 11.4 Å². The number of sulfonamides is 1. The van der Waals surface area contributed by atoms with Crippen LogP contribution in [0.3, 0.4) is 0 Å². The van der Waals surface area contributed by atoms with Gasteiger partial charge in [0.2, 0.25) is 10.0 Å². The van der Waals surface area contributed by atoms with E-state index in [4.69, 9.17) is 0 Å². The molecule has 1 aromatic heterocycles. The Kier molecular flexibility index (Phi) is 4.77. The topological polar surface area (TPSA) is 86.0 Å². The summed E-state index contributed by atoms with van der Waals surface area (Å²) in [5, 5.41) is 4.16. The molecule has 120 valence electrons. The quantitative estimate of drug-likeness (QED) is 0.828. The number of hydrogen-bond acceptors (Lipinski definition) is 4. The minimum absolute atomic E-state index is 0.0229. The highest BCUT2D eigenvalue weighted by Crippen LogP contribution is 2.15. The largest absolute Gasteiger partial charge is 0.345 e. The minimum atomic E-state index is -3.30. The normalized spacial score (nSPS) is 11.8. The summed E-state index contributed by atoms with van der Waals surface area (Å²) in [6.07, 6.45) is 0. The fourth-order valence-corrected chi connectivity index (χ4v) is 2.50. The molecule has 2 rings (SSSR count). The first kappa shape index (κ1) is 16.4. The van der Waals surface area contributed by atoms with Gasteiger partial charge < -0.3 is 0 Å². The Labute approximate surface area is 127 Å². The van der Waals surface area contributed by atoms with Gasteiger partial charge in [0, 0.05) is 19.2 Å². The van der Waals surface area contributed by atoms with Gasteiger partial charge in [0.05, 0.1) is 12.3 Å². The molecule has 0 amide bonds.